The molecule has 4 aliphatic carbocycles. The highest BCUT2D eigenvalue weighted by molar-refractivity contribution is 9.10. The number of halogens is 1. The van der Waals surface area contributed by atoms with Crippen LogP contribution in [0.3, 0.4) is 0 Å². The molecule has 4 fully saturated rings. The van der Waals surface area contributed by atoms with E-state index in [-0.39, 0.29) is 11.2 Å². The van der Waals surface area contributed by atoms with E-state index in [1.807, 2.05) is 7.05 Å². The number of aromatic nitrogens is 3. The molecule has 4 nitrogen and oxygen atoms in total. The van der Waals surface area contributed by atoms with Gasteiger partial charge in [0.2, 0.25) is 0 Å². The van der Waals surface area contributed by atoms with Crippen LogP contribution in [0.2, 0.25) is 0 Å². The van der Waals surface area contributed by atoms with Gasteiger partial charge in [-0.25, -0.2) is 4.68 Å². The van der Waals surface area contributed by atoms with Crippen LogP contribution < -0.4 is 0 Å². The Morgan fingerprint density at radius 3 is 2.45 bits per heavy atom. The Kier molecular flexibility index (Phi) is 2.55. The topological polar surface area (TPSA) is 47.8 Å². The van der Waals surface area contributed by atoms with Gasteiger partial charge < -0.3 is 0 Å². The summed E-state index contributed by atoms with van der Waals surface area (Å²) >= 11 is 3.40. The maximum Gasteiger partial charge on any atom is 0.189 e. The molecule has 1 heterocycles. The van der Waals surface area contributed by atoms with Gasteiger partial charge in [0.15, 0.2) is 10.4 Å². The highest BCUT2D eigenvalue weighted by Crippen LogP contribution is 2.65. The van der Waals surface area contributed by atoms with Gasteiger partial charge >= 0.3 is 0 Å². The van der Waals surface area contributed by atoms with Crippen molar-refractivity contribution in [3.63, 3.8) is 0 Å². The number of hydrogen-bond donors (Lipinski definition) is 0. The maximum absolute atomic E-state index is 13.2. The van der Waals surface area contributed by atoms with Crippen molar-refractivity contribution in [2.45, 2.75) is 45.4 Å². The number of nitrogens with zero attached hydrogens (tertiary/aromatic N) is 3. The zero-order valence-electron chi connectivity index (χ0n) is 12.0. The Hall–Kier alpha value is -0.710. The van der Waals surface area contributed by atoms with E-state index in [9.17, 15) is 4.79 Å². The fraction of sp³-hybridized carbons (Fsp3) is 0.800. The molecule has 0 aromatic carbocycles. The first-order chi connectivity index (χ1) is 9.41. The molecule has 0 radical (unpaired) electrons. The Labute approximate surface area is 127 Å². The quantitative estimate of drug-likeness (QED) is 0.777. The molecule has 2 atom stereocenters. The monoisotopic (exact) mass is 337 g/mol. The third-order valence-electron chi connectivity index (χ3n) is 5.84. The molecule has 0 amide bonds. The number of hydrogen-bond acceptors (Lipinski definition) is 3. The van der Waals surface area contributed by atoms with Crippen LogP contribution in [0.4, 0.5) is 0 Å². The average Bonchev–Trinajstić information content (AvgIpc) is 2.65. The van der Waals surface area contributed by atoms with Gasteiger partial charge in [0.05, 0.1) is 0 Å². The fourth-order valence-corrected chi connectivity index (χ4v) is 6.32. The fourth-order valence-electron chi connectivity index (χ4n) is 5.81. The summed E-state index contributed by atoms with van der Waals surface area (Å²) < 4.78 is 2.23. The normalized spacial score (nSPS) is 42.1. The molecule has 5 rings (SSSR count). The predicted molar refractivity (Wildman–Crippen MR) is 78.3 cm³/mol. The lowest BCUT2D eigenvalue weighted by Gasteiger charge is -2.60. The summed E-state index contributed by atoms with van der Waals surface area (Å²) in [5, 5.41) is 7.97. The van der Waals surface area contributed by atoms with Crippen LogP contribution in [-0.2, 0) is 7.05 Å². The Morgan fingerprint density at radius 2 is 1.95 bits per heavy atom. The van der Waals surface area contributed by atoms with Crippen molar-refractivity contribution in [2.24, 2.45) is 29.7 Å². The highest BCUT2D eigenvalue weighted by atomic mass is 79.9. The molecular weight excluding hydrogens is 318 g/mol. The van der Waals surface area contributed by atoms with E-state index in [2.05, 4.69) is 33.2 Å². The Balaban J connectivity index is 1.76. The van der Waals surface area contributed by atoms with Crippen LogP contribution in [0, 0.1) is 22.7 Å². The molecule has 2 unspecified atom stereocenters. The van der Waals surface area contributed by atoms with Gasteiger partial charge in [-0.2, -0.15) is 0 Å². The van der Waals surface area contributed by atoms with Crippen LogP contribution in [0.5, 0.6) is 0 Å². The number of ketones is 1. The third kappa shape index (κ3) is 1.68. The number of carbonyl (C=O) groups is 1. The molecule has 1 aromatic heterocycles. The summed E-state index contributed by atoms with van der Waals surface area (Å²) in [6, 6.07) is 0. The summed E-state index contributed by atoms with van der Waals surface area (Å²) in [5.74, 6) is 1.78. The van der Waals surface area contributed by atoms with E-state index in [1.165, 1.54) is 19.3 Å². The molecule has 0 spiro atoms. The molecule has 4 aliphatic rings. The van der Waals surface area contributed by atoms with Gasteiger partial charge in [-0.15, -0.1) is 5.10 Å². The average molecular weight is 338 g/mol. The lowest BCUT2D eigenvalue weighted by atomic mass is 9.43. The van der Waals surface area contributed by atoms with Gasteiger partial charge in [-0.3, -0.25) is 4.79 Å². The molecule has 108 valence electrons. The Bertz CT molecular complexity index is 560. The van der Waals surface area contributed by atoms with Crippen LogP contribution >= 0.6 is 15.9 Å². The zero-order chi connectivity index (χ0) is 14.1. The second kappa shape index (κ2) is 3.93. The van der Waals surface area contributed by atoms with E-state index in [1.54, 1.807) is 4.68 Å². The van der Waals surface area contributed by atoms with Gasteiger partial charge in [-0.1, -0.05) is 12.1 Å². The van der Waals surface area contributed by atoms with Crippen molar-refractivity contribution in [3.8, 4) is 0 Å². The molecule has 5 heteroatoms. The first kappa shape index (κ1) is 13.0. The summed E-state index contributed by atoms with van der Waals surface area (Å²) in [6.45, 7) is 2.39. The van der Waals surface area contributed by atoms with E-state index >= 15 is 0 Å². The van der Waals surface area contributed by atoms with Crippen molar-refractivity contribution >= 4 is 21.7 Å². The second-order valence-corrected chi connectivity index (χ2v) is 8.48. The number of rotatable bonds is 2. The molecular formula is C15H20BrN3O. The van der Waals surface area contributed by atoms with Crippen molar-refractivity contribution in [2.75, 3.05) is 0 Å². The SMILES string of the molecule is Cn1nnc(Br)c1C(=O)C12CC3CC(CC(C)(C3)C1)C2. The third-order valence-corrected chi connectivity index (χ3v) is 6.37. The van der Waals surface area contributed by atoms with Crippen molar-refractivity contribution < 1.29 is 4.79 Å². The molecule has 0 N–H and O–H groups in total. The lowest BCUT2D eigenvalue weighted by molar-refractivity contribution is -0.0823. The van der Waals surface area contributed by atoms with Crippen molar-refractivity contribution in [1.29, 1.82) is 0 Å². The van der Waals surface area contributed by atoms with Crippen LogP contribution in [0.25, 0.3) is 0 Å². The first-order valence-electron chi connectivity index (χ1n) is 7.51. The minimum atomic E-state index is -0.142. The smallest absolute Gasteiger partial charge is 0.189 e. The van der Waals surface area contributed by atoms with Gasteiger partial charge in [-0.05, 0) is 71.7 Å². The standard InChI is InChI=1S/C15H20BrN3O/c1-14-4-9-3-10(5-14)7-15(6-9,8-14)12(20)11-13(16)17-18-19(11)2/h9-10H,3-8H2,1-2H3. The maximum atomic E-state index is 13.2. The van der Waals surface area contributed by atoms with Gasteiger partial charge in [0.1, 0.15) is 5.69 Å². The van der Waals surface area contributed by atoms with Crippen LogP contribution in [-0.4, -0.2) is 20.8 Å². The van der Waals surface area contributed by atoms with E-state index in [0.29, 0.717) is 15.7 Å². The van der Waals surface area contributed by atoms with Gasteiger partial charge in [0.25, 0.3) is 0 Å². The predicted octanol–water partition coefficient (Wildman–Crippen LogP) is 3.37. The number of carbonyl (C=O) groups excluding carboxylic acids is 1. The summed E-state index contributed by atoms with van der Waals surface area (Å²) in [6.07, 6.45) is 7.20. The second-order valence-electron chi connectivity index (χ2n) is 7.73. The summed E-state index contributed by atoms with van der Waals surface area (Å²) in [4.78, 5) is 13.2. The number of Topliss-reactive ketones (excluding diaryl/α,β-unsaturated/α-hetero) is 1. The Morgan fingerprint density at radius 1 is 1.30 bits per heavy atom. The van der Waals surface area contributed by atoms with E-state index in [0.717, 1.165) is 31.1 Å². The molecule has 0 saturated heterocycles. The highest BCUT2D eigenvalue weighted by Gasteiger charge is 2.59. The summed E-state index contributed by atoms with van der Waals surface area (Å²) in [7, 11) is 1.81. The van der Waals surface area contributed by atoms with E-state index in [4.69, 9.17) is 0 Å². The number of aryl methyl sites for hydroxylation is 1. The minimum absolute atomic E-state index is 0.142. The minimum Gasteiger partial charge on any atom is -0.292 e. The van der Waals surface area contributed by atoms with Crippen LogP contribution in [0.15, 0.2) is 4.60 Å². The zero-order valence-corrected chi connectivity index (χ0v) is 13.6. The summed E-state index contributed by atoms with van der Waals surface area (Å²) in [5.41, 5.74) is 0.908. The van der Waals surface area contributed by atoms with Crippen LogP contribution in [0.1, 0.15) is 55.9 Å². The first-order valence-corrected chi connectivity index (χ1v) is 8.30. The largest absolute Gasteiger partial charge is 0.292 e. The molecule has 1 aromatic rings. The van der Waals surface area contributed by atoms with Crippen molar-refractivity contribution in [3.05, 3.63) is 10.3 Å². The molecule has 4 saturated carbocycles. The molecule has 0 aliphatic heterocycles. The lowest BCUT2D eigenvalue weighted by Crippen LogP contribution is -2.54. The van der Waals surface area contributed by atoms with Crippen molar-refractivity contribution in [1.82, 2.24) is 15.0 Å². The van der Waals surface area contributed by atoms with E-state index < -0.39 is 0 Å². The van der Waals surface area contributed by atoms with Gasteiger partial charge in [0, 0.05) is 12.5 Å². The molecule has 4 bridgehead atoms. The molecule has 20 heavy (non-hydrogen) atoms.